The fraction of sp³-hybridized carbons (Fsp3) is 0.217. The zero-order chi connectivity index (χ0) is 26.3. The van der Waals surface area contributed by atoms with Crippen molar-refractivity contribution in [2.45, 2.75) is 18.6 Å². The molecular weight excluding hydrogens is 487 g/mol. The largest absolute Gasteiger partial charge is 0.380 e. The summed E-state index contributed by atoms with van der Waals surface area (Å²) in [7, 11) is 0. The van der Waals surface area contributed by atoms with Gasteiger partial charge in [-0.25, -0.2) is 14.1 Å². The van der Waals surface area contributed by atoms with Gasteiger partial charge in [-0.15, -0.1) is 5.10 Å². The van der Waals surface area contributed by atoms with Gasteiger partial charge in [0.15, 0.2) is 34.7 Å². The number of amides is 2. The molecule has 2 atom stereocenters. The average Bonchev–Trinajstić information content (AvgIpc) is 3.46. The van der Waals surface area contributed by atoms with Crippen LogP contribution in [-0.2, 0) is 14.3 Å². The first-order chi connectivity index (χ1) is 17.7. The Labute approximate surface area is 207 Å². The van der Waals surface area contributed by atoms with E-state index in [0.717, 1.165) is 22.7 Å². The van der Waals surface area contributed by atoms with E-state index < -0.39 is 29.3 Å². The molecular formula is C23H19FN8O5. The number of carbonyl (C=O) groups is 2. The SMILES string of the molecule is C[C@](O)(C(=O)Nc1ccc2c(N)noc2c1)[C@H]1OCCN(c2nn(-c3ccnc(C#N)c3)cc2F)C1=O. The Kier molecular flexibility index (Phi) is 5.78. The zero-order valence-corrected chi connectivity index (χ0v) is 19.3. The monoisotopic (exact) mass is 506 g/mol. The fourth-order valence-electron chi connectivity index (χ4n) is 3.89. The minimum atomic E-state index is -2.34. The summed E-state index contributed by atoms with van der Waals surface area (Å²) in [5.41, 5.74) is 4.38. The molecule has 0 unspecified atom stereocenters. The smallest absolute Gasteiger partial charge is 0.261 e. The number of pyridine rings is 1. The van der Waals surface area contributed by atoms with Crippen LogP contribution < -0.4 is 16.0 Å². The predicted octanol–water partition coefficient (Wildman–Crippen LogP) is 1.12. The number of rotatable bonds is 5. The number of nitriles is 1. The number of halogens is 1. The summed E-state index contributed by atoms with van der Waals surface area (Å²) in [6.45, 7) is 0.961. The third kappa shape index (κ3) is 4.22. The Morgan fingerprint density at radius 1 is 1.38 bits per heavy atom. The van der Waals surface area contributed by atoms with Crippen LogP contribution >= 0.6 is 0 Å². The van der Waals surface area contributed by atoms with Gasteiger partial charge in [-0.2, -0.15) is 5.26 Å². The first kappa shape index (κ1) is 23.9. The molecule has 1 aliphatic rings. The van der Waals surface area contributed by atoms with Gasteiger partial charge in [0.25, 0.3) is 11.8 Å². The quantitative estimate of drug-likeness (QED) is 0.354. The second kappa shape index (κ2) is 8.97. The Balaban J connectivity index is 1.37. The standard InChI is InChI=1S/C23H19FN8O5/c1-23(35,22(34)28-12-2-3-15-17(9-12)37-30-19(15)26)18-21(33)31(6-7-36-18)20-16(24)11-32(29-20)14-4-5-27-13(8-14)10-25/h2-5,8-9,11,18,35H,6-7H2,1H3,(H2,26,30)(H,28,34)/t18-,23+/m0/s1. The lowest BCUT2D eigenvalue weighted by molar-refractivity contribution is -0.165. The summed E-state index contributed by atoms with van der Waals surface area (Å²) in [6, 6.07) is 9.37. The number of anilines is 3. The van der Waals surface area contributed by atoms with Gasteiger partial charge in [0.2, 0.25) is 0 Å². The third-order valence-electron chi connectivity index (χ3n) is 5.85. The molecule has 0 saturated carbocycles. The van der Waals surface area contributed by atoms with Crippen LogP contribution in [0, 0.1) is 17.1 Å². The average molecular weight is 506 g/mol. The van der Waals surface area contributed by atoms with Gasteiger partial charge in [0, 0.05) is 24.0 Å². The second-order valence-electron chi connectivity index (χ2n) is 8.38. The number of hydrogen-bond acceptors (Lipinski definition) is 10. The molecule has 2 amide bonds. The zero-order valence-electron chi connectivity index (χ0n) is 19.3. The molecule has 13 nitrogen and oxygen atoms in total. The minimum absolute atomic E-state index is 0.0651. The number of fused-ring (bicyclic) bond motifs is 1. The first-order valence-electron chi connectivity index (χ1n) is 10.9. The predicted molar refractivity (Wildman–Crippen MR) is 126 cm³/mol. The van der Waals surface area contributed by atoms with E-state index in [4.69, 9.17) is 20.3 Å². The van der Waals surface area contributed by atoms with E-state index in [2.05, 4.69) is 20.6 Å². The summed E-state index contributed by atoms with van der Waals surface area (Å²) in [6.07, 6.45) is 0.760. The van der Waals surface area contributed by atoms with E-state index in [1.807, 2.05) is 6.07 Å². The van der Waals surface area contributed by atoms with Crippen molar-refractivity contribution in [3.05, 3.63) is 54.2 Å². The molecule has 5 rings (SSSR count). The lowest BCUT2D eigenvalue weighted by Gasteiger charge is -2.37. The Hall–Kier alpha value is -4.87. The molecule has 4 aromatic rings. The highest BCUT2D eigenvalue weighted by atomic mass is 19.1. The van der Waals surface area contributed by atoms with Gasteiger partial charge >= 0.3 is 0 Å². The Bertz CT molecular complexity index is 1570. The van der Waals surface area contributed by atoms with Crippen LogP contribution in [0.2, 0.25) is 0 Å². The van der Waals surface area contributed by atoms with E-state index in [9.17, 15) is 19.1 Å². The number of benzene rings is 1. The number of nitrogens with two attached hydrogens (primary N) is 1. The Morgan fingerprint density at radius 2 is 2.19 bits per heavy atom. The molecule has 0 aliphatic carbocycles. The number of nitrogen functional groups attached to an aromatic ring is 1. The van der Waals surface area contributed by atoms with Crippen molar-refractivity contribution in [2.75, 3.05) is 29.1 Å². The van der Waals surface area contributed by atoms with Gasteiger partial charge in [-0.3, -0.25) is 14.5 Å². The van der Waals surface area contributed by atoms with Crippen LogP contribution in [0.1, 0.15) is 12.6 Å². The molecule has 1 aromatic carbocycles. The number of carbonyl (C=O) groups excluding carboxylic acids is 2. The number of ether oxygens (including phenoxy) is 1. The van der Waals surface area contributed by atoms with Gasteiger partial charge in [0.1, 0.15) is 11.8 Å². The van der Waals surface area contributed by atoms with Crippen LogP contribution in [0.4, 0.5) is 21.7 Å². The fourth-order valence-corrected chi connectivity index (χ4v) is 3.89. The molecule has 37 heavy (non-hydrogen) atoms. The first-order valence-corrected chi connectivity index (χ1v) is 10.9. The number of aromatic nitrogens is 4. The number of hydrogen-bond donors (Lipinski definition) is 3. The molecule has 0 radical (unpaired) electrons. The molecule has 188 valence electrons. The van der Waals surface area contributed by atoms with E-state index in [-0.39, 0.29) is 36.2 Å². The minimum Gasteiger partial charge on any atom is -0.380 e. The van der Waals surface area contributed by atoms with Crippen LogP contribution in [0.25, 0.3) is 16.7 Å². The highest BCUT2D eigenvalue weighted by Gasteiger charge is 2.49. The Morgan fingerprint density at radius 3 is 2.97 bits per heavy atom. The van der Waals surface area contributed by atoms with Crippen molar-refractivity contribution in [1.29, 1.82) is 5.26 Å². The third-order valence-corrected chi connectivity index (χ3v) is 5.85. The molecule has 4 N–H and O–H groups in total. The molecule has 1 aliphatic heterocycles. The van der Waals surface area contributed by atoms with Crippen molar-refractivity contribution >= 4 is 40.1 Å². The summed E-state index contributed by atoms with van der Waals surface area (Å²) in [5.74, 6) is -2.76. The summed E-state index contributed by atoms with van der Waals surface area (Å²) in [5, 5.41) is 30.9. The van der Waals surface area contributed by atoms with Crippen molar-refractivity contribution < 1.29 is 28.3 Å². The van der Waals surface area contributed by atoms with Crippen LogP contribution in [0.15, 0.2) is 47.2 Å². The number of nitrogens with one attached hydrogen (secondary N) is 1. The summed E-state index contributed by atoms with van der Waals surface area (Å²) < 4.78 is 26.6. The van der Waals surface area contributed by atoms with Gasteiger partial charge < -0.3 is 25.4 Å². The molecule has 4 heterocycles. The number of morpholine rings is 1. The van der Waals surface area contributed by atoms with Crippen molar-refractivity contribution in [2.24, 2.45) is 0 Å². The molecule has 1 fully saturated rings. The summed E-state index contributed by atoms with van der Waals surface area (Å²) in [4.78, 5) is 31.1. The van der Waals surface area contributed by atoms with Crippen molar-refractivity contribution in [3.8, 4) is 11.8 Å². The maximum absolute atomic E-state index is 14.9. The molecule has 14 heteroatoms. The normalized spacial score (nSPS) is 17.4. The highest BCUT2D eigenvalue weighted by Crippen LogP contribution is 2.28. The highest BCUT2D eigenvalue weighted by molar-refractivity contribution is 6.06. The molecule has 0 bridgehead atoms. The van der Waals surface area contributed by atoms with Crippen LogP contribution in [0.5, 0.6) is 0 Å². The van der Waals surface area contributed by atoms with Crippen molar-refractivity contribution in [1.82, 2.24) is 19.9 Å². The van der Waals surface area contributed by atoms with E-state index in [1.54, 1.807) is 6.07 Å². The van der Waals surface area contributed by atoms with E-state index in [0.29, 0.717) is 16.7 Å². The van der Waals surface area contributed by atoms with E-state index >= 15 is 0 Å². The topological polar surface area (TPSA) is 185 Å². The maximum Gasteiger partial charge on any atom is 0.261 e. The molecule has 3 aromatic heterocycles. The van der Waals surface area contributed by atoms with Crippen molar-refractivity contribution in [3.63, 3.8) is 0 Å². The summed E-state index contributed by atoms with van der Waals surface area (Å²) >= 11 is 0. The van der Waals surface area contributed by atoms with Crippen LogP contribution in [-0.4, -0.2) is 61.7 Å². The molecule has 1 saturated heterocycles. The van der Waals surface area contributed by atoms with Gasteiger partial charge in [0.05, 0.1) is 30.4 Å². The molecule has 0 spiro atoms. The van der Waals surface area contributed by atoms with Crippen LogP contribution in [0.3, 0.4) is 0 Å². The number of aliphatic hydroxyl groups is 1. The lowest BCUT2D eigenvalue weighted by atomic mass is 9.95. The maximum atomic E-state index is 14.9. The lowest BCUT2D eigenvalue weighted by Crippen LogP contribution is -2.61. The van der Waals surface area contributed by atoms with E-state index in [1.165, 1.54) is 30.5 Å². The van der Waals surface area contributed by atoms with Gasteiger partial charge in [-0.05, 0) is 25.1 Å². The van der Waals surface area contributed by atoms with Gasteiger partial charge in [-0.1, -0.05) is 5.16 Å². The second-order valence-corrected chi connectivity index (χ2v) is 8.38. The number of nitrogens with zero attached hydrogens (tertiary/aromatic N) is 6.